The summed E-state index contributed by atoms with van der Waals surface area (Å²) in [6.45, 7) is 0.624. The van der Waals surface area contributed by atoms with Gasteiger partial charge in [0.25, 0.3) is 5.56 Å². The van der Waals surface area contributed by atoms with Crippen LogP contribution >= 0.6 is 0 Å². The van der Waals surface area contributed by atoms with Crippen molar-refractivity contribution in [1.82, 2.24) is 9.29 Å². The van der Waals surface area contributed by atoms with Gasteiger partial charge in [-0.3, -0.25) is 4.79 Å². The van der Waals surface area contributed by atoms with Gasteiger partial charge in [-0.2, -0.15) is 0 Å². The van der Waals surface area contributed by atoms with Crippen molar-refractivity contribution >= 4 is 10.0 Å². The highest BCUT2D eigenvalue weighted by atomic mass is 32.2. The lowest BCUT2D eigenvalue weighted by Crippen LogP contribution is -2.32. The predicted octanol–water partition coefficient (Wildman–Crippen LogP) is 0.958. The number of nitrogens with zero attached hydrogens (tertiary/aromatic N) is 1. The van der Waals surface area contributed by atoms with Crippen molar-refractivity contribution in [3.63, 3.8) is 0 Å². The molecule has 0 radical (unpaired) electrons. The molecule has 1 aromatic heterocycles. The second kappa shape index (κ2) is 6.34. The molecular formula is C13H20N2O3S. The Morgan fingerprint density at radius 2 is 2.11 bits per heavy atom. The summed E-state index contributed by atoms with van der Waals surface area (Å²) in [5, 5.41) is 0. The first kappa shape index (κ1) is 14.3. The van der Waals surface area contributed by atoms with Gasteiger partial charge in [0, 0.05) is 25.4 Å². The zero-order chi connectivity index (χ0) is 13.7. The normalized spacial score (nSPS) is 16.2. The molecule has 1 aliphatic carbocycles. The van der Waals surface area contributed by atoms with Crippen LogP contribution in [0.5, 0.6) is 0 Å². The molecule has 0 aromatic carbocycles. The van der Waals surface area contributed by atoms with E-state index in [1.54, 1.807) is 18.3 Å². The minimum atomic E-state index is -3.20. The number of hydrogen-bond acceptors (Lipinski definition) is 3. The molecule has 106 valence electrons. The molecule has 0 aliphatic heterocycles. The van der Waals surface area contributed by atoms with Crippen molar-refractivity contribution in [2.45, 2.75) is 32.2 Å². The Labute approximate surface area is 113 Å². The van der Waals surface area contributed by atoms with Crippen LogP contribution in [0.3, 0.4) is 0 Å². The summed E-state index contributed by atoms with van der Waals surface area (Å²) in [4.78, 5) is 11.4. The molecule has 1 N–H and O–H groups in total. The van der Waals surface area contributed by atoms with E-state index in [0.29, 0.717) is 12.5 Å². The van der Waals surface area contributed by atoms with Crippen LogP contribution in [0.25, 0.3) is 0 Å². The number of nitrogens with one attached hydrogen (secondary N) is 1. The fourth-order valence-electron chi connectivity index (χ4n) is 2.14. The molecule has 0 amide bonds. The van der Waals surface area contributed by atoms with Gasteiger partial charge in [-0.05, 0) is 18.4 Å². The number of hydrogen-bond donors (Lipinski definition) is 1. The van der Waals surface area contributed by atoms with Crippen molar-refractivity contribution in [2.24, 2.45) is 5.92 Å². The molecule has 1 saturated carbocycles. The smallest absolute Gasteiger partial charge is 0.250 e. The minimum Gasteiger partial charge on any atom is -0.314 e. The van der Waals surface area contributed by atoms with Crippen LogP contribution in [0.15, 0.2) is 29.2 Å². The number of pyridine rings is 1. The Morgan fingerprint density at radius 1 is 1.32 bits per heavy atom. The molecule has 5 nitrogen and oxygen atoms in total. The van der Waals surface area contributed by atoms with Crippen LogP contribution in [0.4, 0.5) is 0 Å². The quantitative estimate of drug-likeness (QED) is 0.811. The molecule has 0 unspecified atom stereocenters. The Morgan fingerprint density at radius 3 is 2.74 bits per heavy atom. The van der Waals surface area contributed by atoms with Crippen molar-refractivity contribution in [1.29, 1.82) is 0 Å². The van der Waals surface area contributed by atoms with E-state index in [0.717, 1.165) is 19.3 Å². The summed E-state index contributed by atoms with van der Waals surface area (Å²) < 4.78 is 27.5. The SMILES string of the molecule is O=c1ccccn1CCNS(=O)(=O)CCC1CCC1. The largest absolute Gasteiger partial charge is 0.314 e. The summed E-state index contributed by atoms with van der Waals surface area (Å²) >= 11 is 0. The van der Waals surface area contributed by atoms with Crippen LogP contribution in [0, 0.1) is 5.92 Å². The first-order chi connectivity index (χ1) is 9.07. The summed E-state index contributed by atoms with van der Waals surface area (Å²) in [5.74, 6) is 0.787. The first-order valence-electron chi connectivity index (χ1n) is 6.70. The fraction of sp³-hybridized carbons (Fsp3) is 0.615. The lowest BCUT2D eigenvalue weighted by atomic mass is 9.84. The van der Waals surface area contributed by atoms with Crippen molar-refractivity contribution in [3.8, 4) is 0 Å². The maximum absolute atomic E-state index is 11.8. The molecule has 0 spiro atoms. The van der Waals surface area contributed by atoms with Gasteiger partial charge in [0.05, 0.1) is 5.75 Å². The second-order valence-electron chi connectivity index (χ2n) is 5.03. The Bertz CT molecular complexity index is 561. The van der Waals surface area contributed by atoms with E-state index in [-0.39, 0.29) is 17.9 Å². The number of rotatable bonds is 7. The summed E-state index contributed by atoms with van der Waals surface area (Å²) in [7, 11) is -3.20. The minimum absolute atomic E-state index is 0.115. The maximum Gasteiger partial charge on any atom is 0.250 e. The van der Waals surface area contributed by atoms with E-state index in [4.69, 9.17) is 0 Å². The third-order valence-corrected chi connectivity index (χ3v) is 5.01. The second-order valence-corrected chi connectivity index (χ2v) is 6.96. The molecule has 1 aliphatic rings. The van der Waals surface area contributed by atoms with Crippen molar-refractivity contribution < 1.29 is 8.42 Å². The molecule has 2 rings (SSSR count). The van der Waals surface area contributed by atoms with E-state index in [2.05, 4.69) is 4.72 Å². The van der Waals surface area contributed by atoms with Gasteiger partial charge in [-0.15, -0.1) is 0 Å². The summed E-state index contributed by atoms with van der Waals surface area (Å²) in [6.07, 6.45) is 5.96. The van der Waals surface area contributed by atoms with E-state index in [1.165, 1.54) is 17.1 Å². The van der Waals surface area contributed by atoms with Crippen molar-refractivity contribution in [2.75, 3.05) is 12.3 Å². The summed E-state index contributed by atoms with van der Waals surface area (Å²) in [6, 6.07) is 4.89. The fourth-order valence-corrected chi connectivity index (χ4v) is 3.33. The third kappa shape index (κ3) is 4.47. The number of aromatic nitrogens is 1. The lowest BCUT2D eigenvalue weighted by molar-refractivity contribution is 0.307. The Balaban J connectivity index is 1.74. The molecule has 1 aromatic rings. The van der Waals surface area contributed by atoms with Gasteiger partial charge in [-0.1, -0.05) is 25.3 Å². The van der Waals surface area contributed by atoms with Crippen LogP contribution in [-0.4, -0.2) is 25.3 Å². The zero-order valence-corrected chi connectivity index (χ0v) is 11.7. The van der Waals surface area contributed by atoms with Gasteiger partial charge in [0.2, 0.25) is 10.0 Å². The van der Waals surface area contributed by atoms with E-state index >= 15 is 0 Å². The average molecular weight is 284 g/mol. The predicted molar refractivity (Wildman–Crippen MR) is 74.4 cm³/mol. The molecular weight excluding hydrogens is 264 g/mol. The summed E-state index contributed by atoms with van der Waals surface area (Å²) in [5.41, 5.74) is -0.115. The highest BCUT2D eigenvalue weighted by molar-refractivity contribution is 7.89. The first-order valence-corrected chi connectivity index (χ1v) is 8.35. The Hall–Kier alpha value is -1.14. The maximum atomic E-state index is 11.8. The van der Waals surface area contributed by atoms with Crippen LogP contribution in [0.2, 0.25) is 0 Å². The third-order valence-electron chi connectivity index (χ3n) is 3.59. The van der Waals surface area contributed by atoms with Gasteiger partial charge >= 0.3 is 0 Å². The van der Waals surface area contributed by atoms with Crippen LogP contribution in [0.1, 0.15) is 25.7 Å². The standard InChI is InChI=1S/C13H20N2O3S/c16-13-6-1-2-9-15(13)10-8-14-19(17,18)11-7-12-4-3-5-12/h1-2,6,9,12,14H,3-5,7-8,10-11H2. The van der Waals surface area contributed by atoms with Gasteiger partial charge in [0.1, 0.15) is 0 Å². The highest BCUT2D eigenvalue weighted by Crippen LogP contribution is 2.29. The molecule has 19 heavy (non-hydrogen) atoms. The molecule has 1 heterocycles. The zero-order valence-electron chi connectivity index (χ0n) is 10.9. The molecule has 1 fully saturated rings. The van der Waals surface area contributed by atoms with E-state index in [9.17, 15) is 13.2 Å². The number of sulfonamides is 1. The van der Waals surface area contributed by atoms with Crippen LogP contribution in [-0.2, 0) is 16.6 Å². The van der Waals surface area contributed by atoms with Gasteiger partial charge in [0.15, 0.2) is 0 Å². The highest BCUT2D eigenvalue weighted by Gasteiger charge is 2.20. The molecule has 0 saturated heterocycles. The average Bonchev–Trinajstić information content (AvgIpc) is 2.29. The van der Waals surface area contributed by atoms with Gasteiger partial charge < -0.3 is 4.57 Å². The topological polar surface area (TPSA) is 68.2 Å². The Kier molecular flexibility index (Phi) is 4.76. The molecule has 6 heteroatoms. The van der Waals surface area contributed by atoms with Crippen molar-refractivity contribution in [3.05, 3.63) is 34.7 Å². The molecule has 0 atom stereocenters. The lowest BCUT2D eigenvalue weighted by Gasteiger charge is -2.24. The molecule has 0 bridgehead atoms. The van der Waals surface area contributed by atoms with E-state index in [1.807, 2.05) is 0 Å². The van der Waals surface area contributed by atoms with Crippen LogP contribution < -0.4 is 10.3 Å². The monoisotopic (exact) mass is 284 g/mol. The van der Waals surface area contributed by atoms with E-state index < -0.39 is 10.0 Å². The van der Waals surface area contributed by atoms with Gasteiger partial charge in [-0.25, -0.2) is 13.1 Å².